The lowest BCUT2D eigenvalue weighted by Gasteiger charge is -2.25. The van der Waals surface area contributed by atoms with Gasteiger partial charge in [-0.3, -0.25) is 9.59 Å². The molecule has 1 aliphatic heterocycles. The maximum atomic E-state index is 12.1. The van der Waals surface area contributed by atoms with Crippen LogP contribution in [-0.2, 0) is 9.59 Å². The molecule has 17 heavy (non-hydrogen) atoms. The molecule has 1 amide bonds. The minimum absolute atomic E-state index is 0.136. The number of rotatable bonds is 5. The molecule has 1 fully saturated rings. The van der Waals surface area contributed by atoms with Crippen LogP contribution in [0, 0.1) is 11.8 Å². The van der Waals surface area contributed by atoms with Crippen molar-refractivity contribution in [1.82, 2.24) is 4.90 Å². The summed E-state index contributed by atoms with van der Waals surface area (Å²) in [7, 11) is 0. The summed E-state index contributed by atoms with van der Waals surface area (Å²) < 4.78 is 0. The number of hydrogen-bond donors (Lipinski definition) is 0. The summed E-state index contributed by atoms with van der Waals surface area (Å²) in [4.78, 5) is 25.9. The molecule has 0 radical (unpaired) electrons. The van der Waals surface area contributed by atoms with Crippen LogP contribution >= 0.6 is 0 Å². The predicted molar refractivity (Wildman–Crippen MR) is 68.7 cm³/mol. The lowest BCUT2D eigenvalue weighted by atomic mass is 9.99. The highest BCUT2D eigenvalue weighted by molar-refractivity contribution is 5.89. The lowest BCUT2D eigenvalue weighted by Crippen LogP contribution is -2.41. The number of Topliss-reactive ketones (excluding diaryl/α,β-unsaturated/α-hetero) is 1. The first-order chi connectivity index (χ1) is 7.91. The minimum Gasteiger partial charge on any atom is -0.333 e. The summed E-state index contributed by atoms with van der Waals surface area (Å²) in [6.07, 6.45) is 2.98. The van der Waals surface area contributed by atoms with Gasteiger partial charge < -0.3 is 4.90 Å². The molecule has 1 heterocycles. The molecular weight excluding hydrogens is 214 g/mol. The van der Waals surface area contributed by atoms with Crippen molar-refractivity contribution >= 4 is 11.7 Å². The van der Waals surface area contributed by atoms with Gasteiger partial charge in [-0.05, 0) is 24.7 Å². The molecule has 3 heteroatoms. The molecule has 1 saturated heterocycles. The van der Waals surface area contributed by atoms with Crippen molar-refractivity contribution < 1.29 is 9.59 Å². The standard InChI is InChI=1S/C14H25NO2/c1-10(2)8-13(16)12-6-5-7-15(12)14(17)9-11(3)4/h10-12H,5-9H2,1-4H3. The van der Waals surface area contributed by atoms with Gasteiger partial charge >= 0.3 is 0 Å². The van der Waals surface area contributed by atoms with Gasteiger partial charge in [-0.25, -0.2) is 0 Å². The smallest absolute Gasteiger partial charge is 0.223 e. The Morgan fingerprint density at radius 3 is 2.24 bits per heavy atom. The van der Waals surface area contributed by atoms with E-state index in [2.05, 4.69) is 0 Å². The van der Waals surface area contributed by atoms with Crippen LogP contribution in [0.4, 0.5) is 0 Å². The van der Waals surface area contributed by atoms with Gasteiger partial charge in [0.2, 0.25) is 5.91 Å². The summed E-state index contributed by atoms with van der Waals surface area (Å²) in [5.74, 6) is 1.14. The van der Waals surface area contributed by atoms with Crippen LogP contribution in [-0.4, -0.2) is 29.2 Å². The van der Waals surface area contributed by atoms with Crippen molar-refractivity contribution in [2.24, 2.45) is 11.8 Å². The molecule has 0 aromatic heterocycles. The van der Waals surface area contributed by atoms with E-state index in [4.69, 9.17) is 0 Å². The summed E-state index contributed by atoms with van der Waals surface area (Å²) in [5.41, 5.74) is 0. The molecule has 98 valence electrons. The fourth-order valence-electron chi connectivity index (χ4n) is 2.40. The summed E-state index contributed by atoms with van der Waals surface area (Å²) in [6.45, 7) is 8.94. The van der Waals surface area contributed by atoms with Crippen molar-refractivity contribution in [2.75, 3.05) is 6.54 Å². The highest BCUT2D eigenvalue weighted by atomic mass is 16.2. The first kappa shape index (κ1) is 14.2. The van der Waals surface area contributed by atoms with E-state index in [-0.39, 0.29) is 17.7 Å². The second-order valence-corrected chi connectivity index (χ2v) is 5.91. The van der Waals surface area contributed by atoms with Gasteiger partial charge in [0.1, 0.15) is 0 Å². The topological polar surface area (TPSA) is 37.4 Å². The number of nitrogens with zero attached hydrogens (tertiary/aromatic N) is 1. The van der Waals surface area contributed by atoms with E-state index in [1.165, 1.54) is 0 Å². The first-order valence-corrected chi connectivity index (χ1v) is 6.74. The normalized spacial score (nSPS) is 20.4. The summed E-state index contributed by atoms with van der Waals surface area (Å²) in [6, 6.07) is -0.136. The molecule has 0 spiro atoms. The number of ketones is 1. The molecule has 0 aromatic carbocycles. The largest absolute Gasteiger partial charge is 0.333 e. The Kier molecular flexibility index (Phi) is 5.16. The Labute approximate surface area is 105 Å². The number of carbonyl (C=O) groups is 2. The zero-order valence-electron chi connectivity index (χ0n) is 11.5. The number of hydrogen-bond acceptors (Lipinski definition) is 2. The molecule has 3 nitrogen and oxygen atoms in total. The molecule has 0 bridgehead atoms. The second kappa shape index (κ2) is 6.18. The average Bonchev–Trinajstić information content (AvgIpc) is 2.63. The predicted octanol–water partition coefficient (Wildman–Crippen LogP) is 2.64. The van der Waals surface area contributed by atoms with Gasteiger partial charge in [0.15, 0.2) is 5.78 Å². The van der Waals surface area contributed by atoms with Gasteiger partial charge in [-0.15, -0.1) is 0 Å². The third-order valence-electron chi connectivity index (χ3n) is 3.14. The van der Waals surface area contributed by atoms with Crippen LogP contribution in [0.2, 0.25) is 0 Å². The van der Waals surface area contributed by atoms with Crippen molar-refractivity contribution in [2.45, 2.75) is 59.4 Å². The molecule has 1 atom stereocenters. The van der Waals surface area contributed by atoms with Crippen LogP contribution in [0.5, 0.6) is 0 Å². The molecule has 0 aromatic rings. The van der Waals surface area contributed by atoms with Crippen molar-refractivity contribution in [3.8, 4) is 0 Å². The maximum absolute atomic E-state index is 12.1. The van der Waals surface area contributed by atoms with Gasteiger partial charge in [-0.2, -0.15) is 0 Å². The van der Waals surface area contributed by atoms with Crippen molar-refractivity contribution in [3.63, 3.8) is 0 Å². The zero-order valence-corrected chi connectivity index (χ0v) is 11.5. The molecule has 1 rings (SSSR count). The highest BCUT2D eigenvalue weighted by Gasteiger charge is 2.33. The van der Waals surface area contributed by atoms with Gasteiger partial charge in [0, 0.05) is 19.4 Å². The Morgan fingerprint density at radius 2 is 1.71 bits per heavy atom. The quantitative estimate of drug-likeness (QED) is 0.739. The van der Waals surface area contributed by atoms with Crippen molar-refractivity contribution in [3.05, 3.63) is 0 Å². The van der Waals surface area contributed by atoms with E-state index in [1.54, 1.807) is 0 Å². The van der Waals surface area contributed by atoms with E-state index in [0.29, 0.717) is 24.7 Å². The number of carbonyl (C=O) groups excluding carboxylic acids is 2. The number of likely N-dealkylation sites (tertiary alicyclic amines) is 1. The monoisotopic (exact) mass is 239 g/mol. The molecule has 0 saturated carbocycles. The van der Waals surface area contributed by atoms with Gasteiger partial charge in [-0.1, -0.05) is 27.7 Å². The Morgan fingerprint density at radius 1 is 1.12 bits per heavy atom. The summed E-state index contributed by atoms with van der Waals surface area (Å²) in [5, 5.41) is 0. The zero-order chi connectivity index (χ0) is 13.0. The molecule has 0 aliphatic carbocycles. The third-order valence-corrected chi connectivity index (χ3v) is 3.14. The molecule has 1 unspecified atom stereocenters. The van der Waals surface area contributed by atoms with E-state index < -0.39 is 0 Å². The maximum Gasteiger partial charge on any atom is 0.223 e. The van der Waals surface area contributed by atoms with Gasteiger partial charge in [0.25, 0.3) is 0 Å². The molecule has 0 N–H and O–H groups in total. The highest BCUT2D eigenvalue weighted by Crippen LogP contribution is 2.22. The molecule has 1 aliphatic rings. The number of amides is 1. The second-order valence-electron chi connectivity index (χ2n) is 5.91. The van der Waals surface area contributed by atoms with Crippen LogP contribution in [0.25, 0.3) is 0 Å². The van der Waals surface area contributed by atoms with Gasteiger partial charge in [0.05, 0.1) is 6.04 Å². The fourth-order valence-corrected chi connectivity index (χ4v) is 2.40. The van der Waals surface area contributed by atoms with Crippen LogP contribution < -0.4 is 0 Å². The Hall–Kier alpha value is -0.860. The van der Waals surface area contributed by atoms with Crippen LogP contribution in [0.1, 0.15) is 53.4 Å². The fraction of sp³-hybridized carbons (Fsp3) is 0.857. The van der Waals surface area contributed by atoms with Crippen molar-refractivity contribution in [1.29, 1.82) is 0 Å². The summed E-state index contributed by atoms with van der Waals surface area (Å²) >= 11 is 0. The third kappa shape index (κ3) is 4.14. The van der Waals surface area contributed by atoms with Crippen LogP contribution in [0.15, 0.2) is 0 Å². The Balaban J connectivity index is 2.59. The lowest BCUT2D eigenvalue weighted by molar-refractivity contribution is -0.138. The average molecular weight is 239 g/mol. The van der Waals surface area contributed by atoms with E-state index in [1.807, 2.05) is 32.6 Å². The molecular formula is C14H25NO2. The first-order valence-electron chi connectivity index (χ1n) is 6.74. The van der Waals surface area contributed by atoms with E-state index in [9.17, 15) is 9.59 Å². The van der Waals surface area contributed by atoms with Crippen LogP contribution in [0.3, 0.4) is 0 Å². The van der Waals surface area contributed by atoms with E-state index in [0.717, 1.165) is 19.4 Å². The minimum atomic E-state index is -0.136. The Bertz CT molecular complexity index is 256. The van der Waals surface area contributed by atoms with E-state index >= 15 is 0 Å². The SMILES string of the molecule is CC(C)CC(=O)C1CCCN1C(=O)CC(C)C.